The van der Waals surface area contributed by atoms with E-state index in [0.29, 0.717) is 12.1 Å². The summed E-state index contributed by atoms with van der Waals surface area (Å²) in [6, 6.07) is 2.61. The van der Waals surface area contributed by atoms with Gasteiger partial charge in [-0.15, -0.1) is 0 Å². The molecule has 5 heteroatoms. The molecule has 4 N–H and O–H groups in total. The van der Waals surface area contributed by atoms with Crippen molar-refractivity contribution in [3.05, 3.63) is 29.3 Å². The number of carboxylic acids is 1. The smallest absolute Gasteiger partial charge is 0.335 e. The molecule has 0 unspecified atom stereocenters. The van der Waals surface area contributed by atoms with Gasteiger partial charge in [0, 0.05) is 12.1 Å². The molecule has 0 aromatic heterocycles. The number of hydrogen-bond acceptors (Lipinski definition) is 4. The summed E-state index contributed by atoms with van der Waals surface area (Å²) in [4.78, 5) is 10.8. The highest BCUT2D eigenvalue weighted by atomic mass is 16.5. The number of benzene rings is 1. The van der Waals surface area contributed by atoms with Crippen LogP contribution >= 0.6 is 0 Å². The number of nitrogens with two attached hydrogens (primary N) is 1. The summed E-state index contributed by atoms with van der Waals surface area (Å²) in [5.41, 5.74) is 5.69. The van der Waals surface area contributed by atoms with Crippen LogP contribution in [0.5, 0.6) is 11.5 Å². The Bertz CT molecular complexity index is 426. The van der Waals surface area contributed by atoms with Crippen LogP contribution in [0.15, 0.2) is 18.2 Å². The number of rotatable bonds is 4. The van der Waals surface area contributed by atoms with Crippen LogP contribution in [0.1, 0.15) is 15.9 Å². The summed E-state index contributed by atoms with van der Waals surface area (Å²) < 4.78 is 4.88. The quantitative estimate of drug-likeness (QED) is 0.710. The first-order chi connectivity index (χ1) is 7.60. The number of hydrogen-bond donors (Lipinski definition) is 3. The fraction of sp³-hybridized carbons (Fsp3) is 0.182. The monoisotopic (exact) mass is 223 g/mol. The summed E-state index contributed by atoms with van der Waals surface area (Å²) in [5.74, 6) is -1.06. The maximum atomic E-state index is 10.8. The Labute approximate surface area is 92.8 Å². The van der Waals surface area contributed by atoms with Gasteiger partial charge in [-0.3, -0.25) is 0 Å². The second kappa shape index (κ2) is 5.18. The predicted molar refractivity (Wildman–Crippen MR) is 59.7 cm³/mol. The second-order valence-corrected chi connectivity index (χ2v) is 3.06. The fourth-order valence-electron chi connectivity index (χ4n) is 1.23. The van der Waals surface area contributed by atoms with Gasteiger partial charge in [0.25, 0.3) is 0 Å². The SMILES string of the molecule is COc1cc(C(=O)O)cc(/C=C/CN)c1O. The van der Waals surface area contributed by atoms with Gasteiger partial charge in [-0.2, -0.15) is 0 Å². The second-order valence-electron chi connectivity index (χ2n) is 3.06. The van der Waals surface area contributed by atoms with Crippen LogP contribution in [-0.2, 0) is 0 Å². The van der Waals surface area contributed by atoms with Crippen molar-refractivity contribution >= 4 is 12.0 Å². The molecule has 0 radical (unpaired) electrons. The highest BCUT2D eigenvalue weighted by Crippen LogP contribution is 2.32. The van der Waals surface area contributed by atoms with Crippen molar-refractivity contribution in [3.8, 4) is 11.5 Å². The van der Waals surface area contributed by atoms with Crippen molar-refractivity contribution in [2.24, 2.45) is 5.73 Å². The zero-order chi connectivity index (χ0) is 12.1. The Hall–Kier alpha value is -2.01. The molecule has 1 aromatic carbocycles. The number of phenolic OH excluding ortho intramolecular Hbond substituents is 1. The number of ether oxygens (including phenoxy) is 1. The van der Waals surface area contributed by atoms with E-state index >= 15 is 0 Å². The van der Waals surface area contributed by atoms with Crippen LogP contribution in [0, 0.1) is 0 Å². The zero-order valence-corrected chi connectivity index (χ0v) is 8.80. The molecule has 0 saturated heterocycles. The Morgan fingerprint density at radius 1 is 1.56 bits per heavy atom. The molecular formula is C11H13NO4. The van der Waals surface area contributed by atoms with Gasteiger partial charge in [-0.1, -0.05) is 12.2 Å². The van der Waals surface area contributed by atoms with E-state index in [1.54, 1.807) is 12.2 Å². The number of methoxy groups -OCH3 is 1. The van der Waals surface area contributed by atoms with Gasteiger partial charge in [0.05, 0.1) is 12.7 Å². The van der Waals surface area contributed by atoms with E-state index in [9.17, 15) is 9.90 Å². The minimum absolute atomic E-state index is 0.0475. The highest BCUT2D eigenvalue weighted by Gasteiger charge is 2.12. The number of aromatic carboxylic acids is 1. The minimum atomic E-state index is -1.08. The summed E-state index contributed by atoms with van der Waals surface area (Å²) in [6.07, 6.45) is 3.16. The molecule has 0 fully saturated rings. The first kappa shape index (κ1) is 12.1. The molecule has 16 heavy (non-hydrogen) atoms. The number of aromatic hydroxyl groups is 1. The number of phenols is 1. The number of carbonyl (C=O) groups is 1. The molecule has 0 atom stereocenters. The van der Waals surface area contributed by atoms with Crippen molar-refractivity contribution in [2.75, 3.05) is 13.7 Å². The van der Waals surface area contributed by atoms with E-state index in [2.05, 4.69) is 0 Å². The van der Waals surface area contributed by atoms with E-state index in [1.165, 1.54) is 19.2 Å². The molecule has 0 aliphatic heterocycles. The summed E-state index contributed by atoms with van der Waals surface area (Å²) in [6.45, 7) is 0.305. The summed E-state index contributed by atoms with van der Waals surface area (Å²) in [5, 5.41) is 18.6. The molecule has 0 spiro atoms. The van der Waals surface area contributed by atoms with Crippen molar-refractivity contribution < 1.29 is 19.7 Å². The average molecular weight is 223 g/mol. The maximum Gasteiger partial charge on any atom is 0.335 e. The molecular weight excluding hydrogens is 210 g/mol. The molecule has 0 saturated carbocycles. The van der Waals surface area contributed by atoms with Crippen LogP contribution < -0.4 is 10.5 Å². The van der Waals surface area contributed by atoms with Crippen molar-refractivity contribution in [1.29, 1.82) is 0 Å². The van der Waals surface area contributed by atoms with Gasteiger partial charge in [-0.05, 0) is 12.1 Å². The summed E-state index contributed by atoms with van der Waals surface area (Å²) >= 11 is 0. The Morgan fingerprint density at radius 3 is 2.75 bits per heavy atom. The van der Waals surface area contributed by atoms with E-state index < -0.39 is 5.97 Å². The van der Waals surface area contributed by atoms with Crippen LogP contribution in [0.4, 0.5) is 0 Å². The lowest BCUT2D eigenvalue weighted by molar-refractivity contribution is 0.0696. The van der Waals surface area contributed by atoms with Gasteiger partial charge >= 0.3 is 5.97 Å². The molecule has 0 aliphatic rings. The first-order valence-electron chi connectivity index (χ1n) is 4.61. The van der Waals surface area contributed by atoms with Crippen molar-refractivity contribution in [3.63, 3.8) is 0 Å². The van der Waals surface area contributed by atoms with Crippen molar-refractivity contribution in [1.82, 2.24) is 0 Å². The highest BCUT2D eigenvalue weighted by molar-refractivity contribution is 5.90. The van der Waals surface area contributed by atoms with E-state index in [0.717, 1.165) is 0 Å². The average Bonchev–Trinajstić information content (AvgIpc) is 2.27. The topological polar surface area (TPSA) is 92.8 Å². The summed E-state index contributed by atoms with van der Waals surface area (Å²) in [7, 11) is 1.36. The van der Waals surface area contributed by atoms with Gasteiger partial charge in [0.15, 0.2) is 11.5 Å². The molecule has 86 valence electrons. The standard InChI is InChI=1S/C11H13NO4/c1-16-9-6-8(11(14)15)5-7(10(9)13)3-2-4-12/h2-3,5-6,13H,4,12H2,1H3,(H,14,15)/b3-2+. The fourth-order valence-corrected chi connectivity index (χ4v) is 1.23. The zero-order valence-electron chi connectivity index (χ0n) is 8.80. The molecule has 0 aliphatic carbocycles. The van der Waals surface area contributed by atoms with Gasteiger partial charge in [-0.25, -0.2) is 4.79 Å². The Balaban J connectivity index is 3.29. The first-order valence-corrected chi connectivity index (χ1v) is 4.61. The minimum Gasteiger partial charge on any atom is -0.504 e. The number of carboxylic acid groups (broad SMARTS) is 1. The Kier molecular flexibility index (Phi) is 3.90. The van der Waals surface area contributed by atoms with Gasteiger partial charge in [0.1, 0.15) is 0 Å². The van der Waals surface area contributed by atoms with Crippen LogP contribution in [0.3, 0.4) is 0 Å². The predicted octanol–water partition coefficient (Wildman–Crippen LogP) is 1.07. The van der Waals surface area contributed by atoms with Gasteiger partial charge in [0.2, 0.25) is 0 Å². The lowest BCUT2D eigenvalue weighted by atomic mass is 10.1. The van der Waals surface area contributed by atoms with Crippen LogP contribution in [-0.4, -0.2) is 29.8 Å². The normalized spacial score (nSPS) is 10.6. The molecule has 1 aromatic rings. The Morgan fingerprint density at radius 2 is 2.25 bits per heavy atom. The third-order valence-electron chi connectivity index (χ3n) is 2.00. The molecule has 0 heterocycles. The molecule has 0 bridgehead atoms. The largest absolute Gasteiger partial charge is 0.504 e. The lowest BCUT2D eigenvalue weighted by Crippen LogP contribution is -1.99. The third-order valence-corrected chi connectivity index (χ3v) is 2.00. The van der Waals surface area contributed by atoms with Crippen LogP contribution in [0.2, 0.25) is 0 Å². The molecule has 1 rings (SSSR count). The van der Waals surface area contributed by atoms with E-state index in [1.807, 2.05) is 0 Å². The van der Waals surface area contributed by atoms with E-state index in [4.69, 9.17) is 15.6 Å². The van der Waals surface area contributed by atoms with Crippen molar-refractivity contribution in [2.45, 2.75) is 0 Å². The third kappa shape index (κ3) is 2.52. The maximum absolute atomic E-state index is 10.8. The van der Waals surface area contributed by atoms with Crippen LogP contribution in [0.25, 0.3) is 6.08 Å². The van der Waals surface area contributed by atoms with Gasteiger partial charge < -0.3 is 20.7 Å². The molecule has 0 amide bonds. The lowest BCUT2D eigenvalue weighted by Gasteiger charge is -2.07. The van der Waals surface area contributed by atoms with E-state index in [-0.39, 0.29) is 17.1 Å². The molecule has 5 nitrogen and oxygen atoms in total.